The van der Waals surface area contributed by atoms with E-state index in [9.17, 15) is 9.90 Å². The zero-order chi connectivity index (χ0) is 18.2. The van der Waals surface area contributed by atoms with Crippen molar-refractivity contribution in [3.63, 3.8) is 0 Å². The molecule has 3 N–H and O–H groups in total. The summed E-state index contributed by atoms with van der Waals surface area (Å²) in [6.45, 7) is 2.23. The lowest BCUT2D eigenvalue weighted by Crippen LogP contribution is -2.33. The summed E-state index contributed by atoms with van der Waals surface area (Å²) < 4.78 is 0. The Labute approximate surface area is 149 Å². The van der Waals surface area contributed by atoms with Gasteiger partial charge < -0.3 is 20.6 Å². The number of carbonyl (C=O) groups excluding carboxylic acids is 1. The lowest BCUT2D eigenvalue weighted by atomic mass is 9.93. The van der Waals surface area contributed by atoms with Crippen LogP contribution in [-0.4, -0.2) is 37.9 Å². The first-order valence-electron chi connectivity index (χ1n) is 8.51. The number of aliphatic hydroxyl groups excluding tert-OH is 1. The zero-order valence-electron chi connectivity index (χ0n) is 15.1. The Morgan fingerprint density at radius 3 is 2.28 bits per heavy atom. The van der Waals surface area contributed by atoms with Gasteiger partial charge in [0.05, 0.1) is 6.10 Å². The number of urea groups is 1. The summed E-state index contributed by atoms with van der Waals surface area (Å²) in [5.74, 6) is 0.0723. The monoisotopic (exact) mass is 341 g/mol. The lowest BCUT2D eigenvalue weighted by molar-refractivity contribution is 0.173. The molecule has 0 aromatic heterocycles. The Morgan fingerprint density at radius 1 is 1.08 bits per heavy atom. The molecule has 2 aromatic carbocycles. The van der Waals surface area contributed by atoms with Gasteiger partial charge in [0.25, 0.3) is 0 Å². The second-order valence-electron chi connectivity index (χ2n) is 6.47. The Bertz CT molecular complexity index is 654. The van der Waals surface area contributed by atoms with Crippen LogP contribution in [0.1, 0.15) is 24.8 Å². The molecule has 5 nitrogen and oxygen atoms in total. The summed E-state index contributed by atoms with van der Waals surface area (Å²) in [7, 11) is 3.95. The fraction of sp³-hybridized carbons (Fsp3) is 0.350. The molecular formula is C20H27N3O2. The van der Waals surface area contributed by atoms with Crippen molar-refractivity contribution in [2.24, 2.45) is 0 Å². The maximum absolute atomic E-state index is 12.2. The number of hydrogen-bond acceptors (Lipinski definition) is 3. The summed E-state index contributed by atoms with van der Waals surface area (Å²) in [6, 6.07) is 17.3. The molecule has 0 radical (unpaired) electrons. The predicted octanol–water partition coefficient (Wildman–Crippen LogP) is 3.43. The number of nitrogens with one attached hydrogen (secondary N) is 2. The van der Waals surface area contributed by atoms with Crippen molar-refractivity contribution in [2.75, 3.05) is 30.9 Å². The molecule has 134 valence electrons. The van der Waals surface area contributed by atoms with Gasteiger partial charge in [-0.3, -0.25) is 0 Å². The van der Waals surface area contributed by atoms with E-state index in [0.29, 0.717) is 13.0 Å². The second kappa shape index (κ2) is 9.08. The van der Waals surface area contributed by atoms with Crippen LogP contribution in [0.3, 0.4) is 0 Å². The number of nitrogens with zero attached hydrogens (tertiary/aromatic N) is 1. The maximum atomic E-state index is 12.2. The molecule has 0 saturated heterocycles. The fourth-order valence-corrected chi connectivity index (χ4v) is 2.71. The van der Waals surface area contributed by atoms with Crippen molar-refractivity contribution < 1.29 is 9.90 Å². The maximum Gasteiger partial charge on any atom is 0.319 e. The van der Waals surface area contributed by atoms with Gasteiger partial charge in [0.15, 0.2) is 0 Å². The minimum atomic E-state index is -0.423. The summed E-state index contributed by atoms with van der Waals surface area (Å²) in [5, 5.41) is 15.5. The van der Waals surface area contributed by atoms with Gasteiger partial charge in [0.2, 0.25) is 0 Å². The molecule has 0 fully saturated rings. The number of hydrogen-bond donors (Lipinski definition) is 3. The first-order chi connectivity index (χ1) is 12.0. The Kier molecular flexibility index (Phi) is 6.83. The minimum absolute atomic E-state index is 0.0723. The highest BCUT2D eigenvalue weighted by Gasteiger charge is 2.15. The topological polar surface area (TPSA) is 64.6 Å². The van der Waals surface area contributed by atoms with Gasteiger partial charge in [-0.15, -0.1) is 0 Å². The van der Waals surface area contributed by atoms with Gasteiger partial charge in [-0.25, -0.2) is 4.79 Å². The summed E-state index contributed by atoms with van der Waals surface area (Å²) in [4.78, 5) is 14.2. The molecule has 5 heteroatoms. The van der Waals surface area contributed by atoms with E-state index in [1.165, 1.54) is 0 Å². The molecule has 0 aliphatic heterocycles. The van der Waals surface area contributed by atoms with E-state index in [0.717, 1.165) is 16.9 Å². The van der Waals surface area contributed by atoms with Crippen molar-refractivity contribution in [1.29, 1.82) is 0 Å². The third-order valence-corrected chi connectivity index (χ3v) is 4.05. The van der Waals surface area contributed by atoms with E-state index in [1.54, 1.807) is 6.92 Å². The number of carbonyl (C=O) groups is 1. The lowest BCUT2D eigenvalue weighted by Gasteiger charge is -2.20. The Balaban J connectivity index is 1.92. The van der Waals surface area contributed by atoms with Crippen molar-refractivity contribution in [2.45, 2.75) is 25.4 Å². The van der Waals surface area contributed by atoms with Gasteiger partial charge in [0.1, 0.15) is 0 Å². The normalized spacial score (nSPS) is 13.0. The van der Waals surface area contributed by atoms with E-state index >= 15 is 0 Å². The third-order valence-electron chi connectivity index (χ3n) is 4.05. The molecule has 25 heavy (non-hydrogen) atoms. The predicted molar refractivity (Wildman–Crippen MR) is 103 cm³/mol. The van der Waals surface area contributed by atoms with Gasteiger partial charge in [-0.1, -0.05) is 30.3 Å². The SMILES string of the molecule is CC(O)CC(CNC(=O)Nc1ccc(N(C)C)cc1)c1ccccc1. The van der Waals surface area contributed by atoms with Crippen LogP contribution in [0.4, 0.5) is 16.2 Å². The van der Waals surface area contributed by atoms with Gasteiger partial charge in [0, 0.05) is 37.9 Å². The molecule has 0 aliphatic rings. The van der Waals surface area contributed by atoms with Crippen LogP contribution in [0.15, 0.2) is 54.6 Å². The summed E-state index contributed by atoms with van der Waals surface area (Å²) in [5.41, 5.74) is 2.93. The highest BCUT2D eigenvalue weighted by Crippen LogP contribution is 2.20. The number of amides is 2. The van der Waals surface area contributed by atoms with Crippen LogP contribution in [0, 0.1) is 0 Å². The number of anilines is 2. The molecule has 0 saturated carbocycles. The van der Waals surface area contributed by atoms with Gasteiger partial charge >= 0.3 is 6.03 Å². The molecule has 2 atom stereocenters. The van der Waals surface area contributed by atoms with E-state index in [2.05, 4.69) is 10.6 Å². The summed E-state index contributed by atoms with van der Waals surface area (Å²) >= 11 is 0. The number of rotatable bonds is 7. The Hall–Kier alpha value is -2.53. The second-order valence-corrected chi connectivity index (χ2v) is 6.47. The largest absolute Gasteiger partial charge is 0.393 e. The third kappa shape index (κ3) is 6.12. The quantitative estimate of drug-likeness (QED) is 0.723. The molecule has 2 rings (SSSR count). The zero-order valence-corrected chi connectivity index (χ0v) is 15.1. The van der Waals surface area contributed by atoms with Crippen molar-refractivity contribution in [1.82, 2.24) is 5.32 Å². The molecule has 0 heterocycles. The average Bonchev–Trinajstić information content (AvgIpc) is 2.59. The van der Waals surface area contributed by atoms with Crippen LogP contribution in [0.5, 0.6) is 0 Å². The van der Waals surface area contributed by atoms with E-state index in [-0.39, 0.29) is 11.9 Å². The van der Waals surface area contributed by atoms with Crippen LogP contribution < -0.4 is 15.5 Å². The molecule has 0 bridgehead atoms. The van der Waals surface area contributed by atoms with Crippen LogP contribution in [0.25, 0.3) is 0 Å². The molecule has 0 spiro atoms. The smallest absolute Gasteiger partial charge is 0.319 e. The molecular weight excluding hydrogens is 314 g/mol. The van der Waals surface area contributed by atoms with Crippen molar-refractivity contribution in [3.8, 4) is 0 Å². The van der Waals surface area contributed by atoms with Crippen LogP contribution >= 0.6 is 0 Å². The molecule has 2 amide bonds. The van der Waals surface area contributed by atoms with Crippen LogP contribution in [-0.2, 0) is 0 Å². The number of benzene rings is 2. The minimum Gasteiger partial charge on any atom is -0.393 e. The highest BCUT2D eigenvalue weighted by atomic mass is 16.3. The first kappa shape index (κ1) is 18.8. The Morgan fingerprint density at radius 2 is 1.72 bits per heavy atom. The van der Waals surface area contributed by atoms with Crippen LogP contribution in [0.2, 0.25) is 0 Å². The number of aliphatic hydroxyl groups is 1. The average molecular weight is 341 g/mol. The molecule has 2 aromatic rings. The van der Waals surface area contributed by atoms with Crippen molar-refractivity contribution in [3.05, 3.63) is 60.2 Å². The van der Waals surface area contributed by atoms with Gasteiger partial charge in [-0.2, -0.15) is 0 Å². The fourth-order valence-electron chi connectivity index (χ4n) is 2.71. The van der Waals surface area contributed by atoms with E-state index in [4.69, 9.17) is 0 Å². The standard InChI is InChI=1S/C20H27N3O2/c1-15(24)13-17(16-7-5-4-6-8-16)14-21-20(25)22-18-9-11-19(12-10-18)23(2)3/h4-12,15,17,24H,13-14H2,1-3H3,(H2,21,22,25). The van der Waals surface area contributed by atoms with Crippen molar-refractivity contribution >= 4 is 17.4 Å². The highest BCUT2D eigenvalue weighted by molar-refractivity contribution is 5.89. The molecule has 2 unspecified atom stereocenters. The first-order valence-corrected chi connectivity index (χ1v) is 8.51. The molecule has 0 aliphatic carbocycles. The van der Waals surface area contributed by atoms with E-state index < -0.39 is 6.10 Å². The van der Waals surface area contributed by atoms with E-state index in [1.807, 2.05) is 73.6 Å². The van der Waals surface area contributed by atoms with Gasteiger partial charge in [-0.05, 0) is 43.2 Å². The summed E-state index contributed by atoms with van der Waals surface area (Å²) in [6.07, 6.45) is 0.176.